The number of para-hydroxylation sites is 1. The van der Waals surface area contributed by atoms with Crippen molar-refractivity contribution in [2.45, 2.75) is 6.18 Å². The molecule has 0 unspecified atom stereocenters. The van der Waals surface area contributed by atoms with Crippen LogP contribution in [0.3, 0.4) is 0 Å². The highest BCUT2D eigenvalue weighted by atomic mass is 19.4. The highest BCUT2D eigenvalue weighted by molar-refractivity contribution is 6.59. The third-order valence-electron chi connectivity index (χ3n) is 1.95. The standard InChI is InChI=1S/C10H12BF3O4/c12-10(13,14)7-17-5-6-18-9-4-2-1-3-8(9)11(15)16/h1-4,15-16H,5-7H2. The van der Waals surface area contributed by atoms with Gasteiger partial charge in [0.1, 0.15) is 19.0 Å². The minimum atomic E-state index is -4.36. The van der Waals surface area contributed by atoms with Crippen molar-refractivity contribution >= 4 is 12.6 Å². The van der Waals surface area contributed by atoms with Crippen LogP contribution in [-0.2, 0) is 4.74 Å². The molecule has 0 aliphatic heterocycles. The smallest absolute Gasteiger partial charge is 0.492 e. The summed E-state index contributed by atoms with van der Waals surface area (Å²) in [4.78, 5) is 0. The molecule has 0 fully saturated rings. The second kappa shape index (κ2) is 6.62. The summed E-state index contributed by atoms with van der Waals surface area (Å²) in [6.45, 7) is -1.68. The maximum absolute atomic E-state index is 11.7. The average molecular weight is 264 g/mol. The van der Waals surface area contributed by atoms with Crippen LogP contribution in [-0.4, -0.2) is 43.2 Å². The summed E-state index contributed by atoms with van der Waals surface area (Å²) in [6, 6.07) is 6.12. The first-order chi connectivity index (χ1) is 8.40. The van der Waals surface area contributed by atoms with Gasteiger partial charge in [0, 0.05) is 5.46 Å². The number of alkyl halides is 3. The van der Waals surface area contributed by atoms with Crippen LogP contribution in [0.2, 0.25) is 0 Å². The first-order valence-corrected chi connectivity index (χ1v) is 5.12. The Morgan fingerprint density at radius 3 is 2.39 bits per heavy atom. The zero-order valence-corrected chi connectivity index (χ0v) is 9.35. The zero-order valence-electron chi connectivity index (χ0n) is 9.35. The first-order valence-electron chi connectivity index (χ1n) is 5.12. The van der Waals surface area contributed by atoms with Gasteiger partial charge >= 0.3 is 13.3 Å². The predicted octanol–water partition coefficient (Wildman–Crippen LogP) is 0.324. The fourth-order valence-electron chi connectivity index (χ4n) is 1.22. The van der Waals surface area contributed by atoms with Crippen LogP contribution in [0.1, 0.15) is 0 Å². The molecule has 0 aromatic heterocycles. The molecule has 0 heterocycles. The van der Waals surface area contributed by atoms with E-state index in [2.05, 4.69) is 4.74 Å². The van der Waals surface area contributed by atoms with E-state index in [9.17, 15) is 13.2 Å². The minimum absolute atomic E-state index is 0.111. The minimum Gasteiger partial charge on any atom is -0.492 e. The highest BCUT2D eigenvalue weighted by Gasteiger charge is 2.27. The summed E-state index contributed by atoms with van der Waals surface area (Å²) in [5.74, 6) is 0.197. The molecule has 0 saturated carbocycles. The van der Waals surface area contributed by atoms with Gasteiger partial charge in [0.2, 0.25) is 0 Å². The number of benzene rings is 1. The van der Waals surface area contributed by atoms with E-state index in [1.54, 1.807) is 12.1 Å². The third-order valence-corrected chi connectivity index (χ3v) is 1.95. The van der Waals surface area contributed by atoms with Crippen molar-refractivity contribution in [3.05, 3.63) is 24.3 Å². The number of ether oxygens (including phenoxy) is 2. The lowest BCUT2D eigenvalue weighted by Gasteiger charge is -2.11. The molecule has 8 heteroatoms. The first kappa shape index (κ1) is 14.8. The number of halogens is 3. The van der Waals surface area contributed by atoms with Crippen LogP contribution in [0.25, 0.3) is 0 Å². The van der Waals surface area contributed by atoms with Crippen molar-refractivity contribution in [3.63, 3.8) is 0 Å². The van der Waals surface area contributed by atoms with E-state index in [0.29, 0.717) is 0 Å². The van der Waals surface area contributed by atoms with E-state index in [0.717, 1.165) is 0 Å². The SMILES string of the molecule is OB(O)c1ccccc1OCCOCC(F)(F)F. The molecule has 0 atom stereocenters. The Morgan fingerprint density at radius 2 is 1.78 bits per heavy atom. The van der Waals surface area contributed by atoms with Gasteiger partial charge in [-0.1, -0.05) is 18.2 Å². The molecule has 0 spiro atoms. The van der Waals surface area contributed by atoms with Gasteiger partial charge in [0.15, 0.2) is 0 Å². The molecular formula is C10H12BF3O4. The molecule has 0 radical (unpaired) electrons. The van der Waals surface area contributed by atoms with Crippen molar-refractivity contribution in [2.75, 3.05) is 19.8 Å². The Bertz CT molecular complexity index is 370. The van der Waals surface area contributed by atoms with Gasteiger partial charge < -0.3 is 19.5 Å². The van der Waals surface area contributed by atoms with Crippen LogP contribution < -0.4 is 10.2 Å². The van der Waals surface area contributed by atoms with Crippen LogP contribution >= 0.6 is 0 Å². The number of hydrogen-bond donors (Lipinski definition) is 2. The topological polar surface area (TPSA) is 58.9 Å². The van der Waals surface area contributed by atoms with E-state index < -0.39 is 19.9 Å². The summed E-state index contributed by atoms with van der Waals surface area (Å²) in [6.07, 6.45) is -4.36. The molecule has 1 rings (SSSR count). The molecule has 0 aliphatic rings. The molecule has 1 aromatic rings. The molecule has 0 bridgehead atoms. The molecule has 0 amide bonds. The van der Waals surface area contributed by atoms with Gasteiger partial charge in [-0.3, -0.25) is 0 Å². The normalized spacial score (nSPS) is 11.4. The maximum Gasteiger partial charge on any atom is 0.492 e. The van der Waals surface area contributed by atoms with Gasteiger partial charge in [-0.05, 0) is 6.07 Å². The molecular weight excluding hydrogens is 252 g/mol. The summed E-state index contributed by atoms with van der Waals surface area (Å²) in [5.41, 5.74) is 0.147. The molecule has 1 aromatic carbocycles. The summed E-state index contributed by atoms with van der Waals surface area (Å²) in [5, 5.41) is 18.0. The fraction of sp³-hybridized carbons (Fsp3) is 0.400. The van der Waals surface area contributed by atoms with E-state index >= 15 is 0 Å². The van der Waals surface area contributed by atoms with Gasteiger partial charge in [-0.15, -0.1) is 0 Å². The average Bonchev–Trinajstić information content (AvgIpc) is 2.27. The molecule has 100 valence electrons. The zero-order chi connectivity index (χ0) is 13.6. The van der Waals surface area contributed by atoms with E-state index in [1.165, 1.54) is 12.1 Å². The largest absolute Gasteiger partial charge is 0.492 e. The monoisotopic (exact) mass is 264 g/mol. The van der Waals surface area contributed by atoms with Crippen LogP contribution in [0.15, 0.2) is 24.3 Å². The Balaban J connectivity index is 2.36. The molecule has 18 heavy (non-hydrogen) atoms. The Morgan fingerprint density at radius 1 is 1.11 bits per heavy atom. The van der Waals surface area contributed by atoms with Gasteiger partial charge in [0.25, 0.3) is 0 Å². The van der Waals surface area contributed by atoms with Gasteiger partial charge in [-0.25, -0.2) is 0 Å². The second-order valence-electron chi connectivity index (χ2n) is 3.43. The van der Waals surface area contributed by atoms with Gasteiger partial charge in [0.05, 0.1) is 6.61 Å². The molecule has 4 nitrogen and oxygen atoms in total. The highest BCUT2D eigenvalue weighted by Crippen LogP contribution is 2.14. The lowest BCUT2D eigenvalue weighted by Crippen LogP contribution is -2.31. The molecule has 0 saturated heterocycles. The van der Waals surface area contributed by atoms with E-state index in [1.807, 2.05) is 0 Å². The van der Waals surface area contributed by atoms with Crippen molar-refractivity contribution in [1.82, 2.24) is 0 Å². The lowest BCUT2D eigenvalue weighted by molar-refractivity contribution is -0.175. The number of hydrogen-bond acceptors (Lipinski definition) is 4. The second-order valence-corrected chi connectivity index (χ2v) is 3.43. The maximum atomic E-state index is 11.7. The summed E-state index contributed by atoms with van der Waals surface area (Å²) >= 11 is 0. The van der Waals surface area contributed by atoms with Crippen molar-refractivity contribution in [3.8, 4) is 5.75 Å². The van der Waals surface area contributed by atoms with Crippen molar-refractivity contribution in [2.24, 2.45) is 0 Å². The Labute approximate surface area is 102 Å². The Kier molecular flexibility index (Phi) is 5.45. The third kappa shape index (κ3) is 5.39. The Hall–Kier alpha value is -1.25. The van der Waals surface area contributed by atoms with Crippen LogP contribution in [0, 0.1) is 0 Å². The molecule has 2 N–H and O–H groups in total. The van der Waals surface area contributed by atoms with Crippen LogP contribution in [0.5, 0.6) is 5.75 Å². The van der Waals surface area contributed by atoms with Gasteiger partial charge in [-0.2, -0.15) is 13.2 Å². The summed E-state index contributed by atoms with van der Waals surface area (Å²) < 4.78 is 44.7. The predicted molar refractivity (Wildman–Crippen MR) is 58.6 cm³/mol. The van der Waals surface area contributed by atoms with E-state index in [4.69, 9.17) is 14.8 Å². The fourth-order valence-corrected chi connectivity index (χ4v) is 1.22. The summed E-state index contributed by atoms with van der Waals surface area (Å²) in [7, 11) is -1.70. The van der Waals surface area contributed by atoms with Crippen LogP contribution in [0.4, 0.5) is 13.2 Å². The molecule has 0 aliphatic carbocycles. The number of rotatable bonds is 6. The van der Waals surface area contributed by atoms with Crippen molar-refractivity contribution in [1.29, 1.82) is 0 Å². The van der Waals surface area contributed by atoms with E-state index in [-0.39, 0.29) is 24.4 Å². The lowest BCUT2D eigenvalue weighted by atomic mass is 9.79. The quantitative estimate of drug-likeness (QED) is 0.574. The van der Waals surface area contributed by atoms with Crippen molar-refractivity contribution < 1.29 is 32.7 Å².